The molecule has 0 radical (unpaired) electrons. The molecule has 0 bridgehead atoms. The van der Waals surface area contributed by atoms with Crippen LogP contribution in [0.4, 0.5) is 5.69 Å². The maximum Gasteiger partial charge on any atom is 0.261 e. The second-order valence-corrected chi connectivity index (χ2v) is 10.5. The highest BCUT2D eigenvalue weighted by Crippen LogP contribution is 2.33. The fourth-order valence-corrected chi connectivity index (χ4v) is 5.38. The van der Waals surface area contributed by atoms with E-state index in [0.29, 0.717) is 42.0 Å². The Morgan fingerprint density at radius 3 is 2.47 bits per heavy atom. The molecule has 1 amide bonds. The van der Waals surface area contributed by atoms with E-state index in [1.165, 1.54) is 12.7 Å². The first-order valence-electron chi connectivity index (χ1n) is 11.1. The van der Waals surface area contributed by atoms with E-state index < -0.39 is 5.91 Å². The van der Waals surface area contributed by atoms with E-state index in [0.717, 1.165) is 24.9 Å². The largest absolute Gasteiger partial charge is 0.495 e. The van der Waals surface area contributed by atoms with Crippen molar-refractivity contribution in [3.05, 3.63) is 73.6 Å². The second-order valence-electron chi connectivity index (χ2n) is 7.96. The number of thiocarbonyl (C=S) groups is 1. The third-order valence-electron chi connectivity index (χ3n) is 5.39. The second kappa shape index (κ2) is 11.7. The number of fused-ring (bicyclic) bond motifs is 1. The van der Waals surface area contributed by atoms with Crippen molar-refractivity contribution < 1.29 is 9.53 Å². The number of benzene rings is 3. The van der Waals surface area contributed by atoms with Gasteiger partial charge < -0.3 is 10.1 Å². The average Bonchev–Trinajstić information content (AvgIpc) is 3.25. The Kier molecular flexibility index (Phi) is 8.61. The molecular formula is C25H22Br2ClN5O2S. The summed E-state index contributed by atoms with van der Waals surface area (Å²) in [5.41, 5.74) is 4.22. The van der Waals surface area contributed by atoms with E-state index in [4.69, 9.17) is 28.6 Å². The summed E-state index contributed by atoms with van der Waals surface area (Å²) >= 11 is 18.6. The van der Waals surface area contributed by atoms with Gasteiger partial charge in [0.1, 0.15) is 16.8 Å². The molecule has 1 aromatic heterocycles. The quantitative estimate of drug-likeness (QED) is 0.208. The predicted octanol–water partition coefficient (Wildman–Crippen LogP) is 7.08. The smallest absolute Gasteiger partial charge is 0.261 e. The summed E-state index contributed by atoms with van der Waals surface area (Å²) in [6.45, 7) is 2.18. The number of anilines is 1. The van der Waals surface area contributed by atoms with Crippen molar-refractivity contribution in [3.8, 4) is 11.4 Å². The third-order valence-corrected chi connectivity index (χ3v) is 6.95. The Hall–Kier alpha value is -2.53. The summed E-state index contributed by atoms with van der Waals surface area (Å²) in [5, 5.41) is 15.2. The molecule has 0 atom stereocenters. The number of aromatic nitrogens is 3. The van der Waals surface area contributed by atoms with Gasteiger partial charge in [-0.3, -0.25) is 10.1 Å². The number of carbonyl (C=O) groups is 1. The van der Waals surface area contributed by atoms with E-state index in [-0.39, 0.29) is 5.11 Å². The summed E-state index contributed by atoms with van der Waals surface area (Å²) in [4.78, 5) is 14.4. The minimum atomic E-state index is -0.433. The number of ether oxygens (including phenoxy) is 1. The monoisotopic (exact) mass is 649 g/mol. The summed E-state index contributed by atoms with van der Waals surface area (Å²) in [6, 6.07) is 15.1. The number of unbranched alkanes of at least 4 members (excludes halogenated alkanes) is 1. The molecule has 1 heterocycles. The number of nitrogens with one attached hydrogen (secondary N) is 2. The van der Waals surface area contributed by atoms with E-state index in [9.17, 15) is 4.79 Å². The van der Waals surface area contributed by atoms with Gasteiger partial charge in [0.2, 0.25) is 0 Å². The number of amides is 1. The fourth-order valence-electron chi connectivity index (χ4n) is 3.59. The summed E-state index contributed by atoms with van der Waals surface area (Å²) in [6.07, 6.45) is 3.37. The van der Waals surface area contributed by atoms with Crippen LogP contribution >= 0.6 is 55.7 Å². The maximum absolute atomic E-state index is 12.9. The first kappa shape index (κ1) is 26.5. The van der Waals surface area contributed by atoms with E-state index in [1.54, 1.807) is 29.1 Å². The first-order chi connectivity index (χ1) is 17.3. The number of hydrogen-bond donors (Lipinski definition) is 2. The Bertz CT molecular complexity index is 1440. The van der Waals surface area contributed by atoms with Gasteiger partial charge in [0.05, 0.1) is 33.5 Å². The van der Waals surface area contributed by atoms with Gasteiger partial charge in [-0.05, 0) is 83.0 Å². The molecule has 4 aromatic rings. The lowest BCUT2D eigenvalue weighted by molar-refractivity contribution is 0.0974. The zero-order chi connectivity index (χ0) is 25.8. The van der Waals surface area contributed by atoms with Crippen molar-refractivity contribution in [1.29, 1.82) is 0 Å². The van der Waals surface area contributed by atoms with Crippen molar-refractivity contribution in [2.45, 2.75) is 26.2 Å². The van der Waals surface area contributed by atoms with Crippen LogP contribution in [0.3, 0.4) is 0 Å². The van der Waals surface area contributed by atoms with Gasteiger partial charge in [0.15, 0.2) is 5.11 Å². The summed E-state index contributed by atoms with van der Waals surface area (Å²) in [5.74, 6) is -0.0372. The normalized spacial score (nSPS) is 10.9. The van der Waals surface area contributed by atoms with Crippen LogP contribution in [0.2, 0.25) is 5.02 Å². The molecule has 3 aromatic carbocycles. The first-order valence-corrected chi connectivity index (χ1v) is 13.5. The van der Waals surface area contributed by atoms with Gasteiger partial charge in [0, 0.05) is 4.47 Å². The van der Waals surface area contributed by atoms with Crippen LogP contribution in [0.1, 0.15) is 35.7 Å². The van der Waals surface area contributed by atoms with Crippen molar-refractivity contribution in [3.63, 3.8) is 0 Å². The number of methoxy groups -OCH3 is 1. The lowest BCUT2D eigenvalue weighted by atomic mass is 10.1. The van der Waals surface area contributed by atoms with E-state index in [2.05, 4.69) is 71.7 Å². The highest BCUT2D eigenvalue weighted by atomic mass is 79.9. The van der Waals surface area contributed by atoms with Gasteiger partial charge in [-0.1, -0.05) is 53.0 Å². The minimum absolute atomic E-state index is 0.0782. The molecule has 0 spiro atoms. The molecule has 0 fully saturated rings. The van der Waals surface area contributed by atoms with Crippen LogP contribution in [-0.2, 0) is 6.42 Å². The molecule has 0 aliphatic heterocycles. The number of hydrogen-bond acceptors (Lipinski definition) is 5. The van der Waals surface area contributed by atoms with Gasteiger partial charge >= 0.3 is 0 Å². The topological polar surface area (TPSA) is 81.1 Å². The average molecular weight is 652 g/mol. The zero-order valence-electron chi connectivity index (χ0n) is 19.4. The fraction of sp³-hybridized carbons (Fsp3) is 0.200. The van der Waals surface area contributed by atoms with Crippen LogP contribution in [0, 0.1) is 0 Å². The molecule has 0 saturated heterocycles. The Morgan fingerprint density at radius 2 is 1.81 bits per heavy atom. The molecule has 0 aliphatic carbocycles. The lowest BCUT2D eigenvalue weighted by Crippen LogP contribution is -2.34. The molecule has 0 aliphatic rings. The zero-order valence-corrected chi connectivity index (χ0v) is 24.2. The molecule has 11 heteroatoms. The highest BCUT2D eigenvalue weighted by molar-refractivity contribution is 9.11. The molecule has 186 valence electrons. The van der Waals surface area contributed by atoms with E-state index >= 15 is 0 Å². The highest BCUT2D eigenvalue weighted by Gasteiger charge is 2.18. The summed E-state index contributed by atoms with van der Waals surface area (Å²) < 4.78 is 6.70. The molecule has 4 rings (SSSR count). The Balaban J connectivity index is 1.51. The van der Waals surface area contributed by atoms with Gasteiger partial charge in [-0.15, -0.1) is 10.2 Å². The van der Waals surface area contributed by atoms with Gasteiger partial charge in [-0.2, -0.15) is 4.80 Å². The minimum Gasteiger partial charge on any atom is -0.495 e. The Labute approximate surface area is 235 Å². The van der Waals surface area contributed by atoms with Crippen LogP contribution in [-0.4, -0.2) is 33.1 Å². The van der Waals surface area contributed by atoms with Crippen LogP contribution in [0.15, 0.2) is 57.5 Å². The van der Waals surface area contributed by atoms with Crippen molar-refractivity contribution in [2.24, 2.45) is 0 Å². The maximum atomic E-state index is 12.9. The third kappa shape index (κ3) is 6.05. The van der Waals surface area contributed by atoms with Crippen LogP contribution < -0.4 is 15.4 Å². The molecule has 0 saturated carbocycles. The SMILES string of the molecule is CCCCc1ccc(-n2nc3cc(Cl)c(NC(=S)NC(=O)c4cc(Br)cc(Br)c4OC)cc3n2)cc1. The predicted molar refractivity (Wildman–Crippen MR) is 155 cm³/mol. The molecule has 2 N–H and O–H groups in total. The van der Waals surface area contributed by atoms with Crippen molar-refractivity contribution in [2.75, 3.05) is 12.4 Å². The number of halogens is 3. The number of carbonyl (C=O) groups excluding carboxylic acids is 1. The van der Waals surface area contributed by atoms with Crippen LogP contribution in [0.5, 0.6) is 5.75 Å². The molecule has 0 unspecified atom stereocenters. The standard InChI is InChI=1S/C25H22Br2ClN5O2S/c1-3-4-5-14-6-8-16(9-7-14)33-31-21-12-19(28)20(13-22(21)32-33)29-25(36)30-24(34)17-10-15(26)11-18(27)23(17)35-2/h6-13H,3-5H2,1-2H3,(H2,29,30,34,36). The number of aryl methyl sites for hydroxylation is 1. The molecule has 7 nitrogen and oxygen atoms in total. The van der Waals surface area contributed by atoms with Crippen LogP contribution in [0.25, 0.3) is 16.7 Å². The van der Waals surface area contributed by atoms with Crippen molar-refractivity contribution in [1.82, 2.24) is 20.3 Å². The number of nitrogens with zero attached hydrogens (tertiary/aromatic N) is 3. The lowest BCUT2D eigenvalue weighted by Gasteiger charge is -2.13. The van der Waals surface area contributed by atoms with Gasteiger partial charge in [-0.25, -0.2) is 0 Å². The van der Waals surface area contributed by atoms with Crippen molar-refractivity contribution >= 4 is 83.4 Å². The molecular weight excluding hydrogens is 630 g/mol. The number of rotatable bonds is 7. The Morgan fingerprint density at radius 1 is 1.11 bits per heavy atom. The van der Waals surface area contributed by atoms with Gasteiger partial charge in [0.25, 0.3) is 5.91 Å². The molecule has 36 heavy (non-hydrogen) atoms. The summed E-state index contributed by atoms with van der Waals surface area (Å²) in [7, 11) is 1.49. The van der Waals surface area contributed by atoms with E-state index in [1.807, 2.05) is 12.1 Å².